The van der Waals surface area contributed by atoms with Crippen molar-refractivity contribution >= 4 is 0 Å². The monoisotopic (exact) mass is 201 g/mol. The van der Waals surface area contributed by atoms with E-state index in [2.05, 4.69) is 24.0 Å². The molecule has 0 amide bonds. The molecule has 0 aliphatic heterocycles. The van der Waals surface area contributed by atoms with Gasteiger partial charge in [-0.05, 0) is 25.5 Å². The summed E-state index contributed by atoms with van der Waals surface area (Å²) in [5.41, 5.74) is 2.53. The molecule has 15 heavy (non-hydrogen) atoms. The standard InChI is InChI=1S/C7H8.C6H7N.CH4/c1-7-5-3-2-4-6-7;1-6-3-2-4-7-5-6;/h2-6H,1H3;2-5H,1H3;1H4. The molecule has 0 radical (unpaired) electrons. The van der Waals surface area contributed by atoms with E-state index in [0.29, 0.717) is 0 Å². The third kappa shape index (κ3) is 6.44. The van der Waals surface area contributed by atoms with Gasteiger partial charge in [-0.2, -0.15) is 0 Å². The molecule has 0 atom stereocenters. The first-order valence-corrected chi connectivity index (χ1v) is 4.67. The summed E-state index contributed by atoms with van der Waals surface area (Å²) in [6, 6.07) is 14.2. The Balaban J connectivity index is 0.000000245. The van der Waals surface area contributed by atoms with Crippen LogP contribution in [0.4, 0.5) is 0 Å². The molecule has 2 aromatic rings. The fourth-order valence-electron chi connectivity index (χ4n) is 0.983. The lowest BCUT2D eigenvalue weighted by Gasteiger charge is -1.82. The Hall–Kier alpha value is -1.63. The fourth-order valence-corrected chi connectivity index (χ4v) is 0.983. The van der Waals surface area contributed by atoms with Crippen LogP contribution in [0.2, 0.25) is 0 Å². The minimum atomic E-state index is 0. The number of hydrogen-bond donors (Lipinski definition) is 0. The summed E-state index contributed by atoms with van der Waals surface area (Å²) in [6.45, 7) is 4.10. The first-order chi connectivity index (χ1) is 6.79. The summed E-state index contributed by atoms with van der Waals surface area (Å²) in [7, 11) is 0. The zero-order valence-corrected chi connectivity index (χ0v) is 8.64. The highest BCUT2D eigenvalue weighted by molar-refractivity contribution is 5.11. The number of rotatable bonds is 0. The molecule has 1 heterocycles. The molecule has 1 nitrogen and oxygen atoms in total. The van der Waals surface area contributed by atoms with Gasteiger partial charge in [0.2, 0.25) is 0 Å². The van der Waals surface area contributed by atoms with Crippen LogP contribution in [-0.2, 0) is 0 Å². The van der Waals surface area contributed by atoms with E-state index in [1.54, 1.807) is 6.20 Å². The van der Waals surface area contributed by atoms with Gasteiger partial charge >= 0.3 is 0 Å². The van der Waals surface area contributed by atoms with Crippen LogP contribution in [0.1, 0.15) is 18.6 Å². The second-order valence-corrected chi connectivity index (χ2v) is 3.19. The van der Waals surface area contributed by atoms with Gasteiger partial charge in [-0.25, -0.2) is 0 Å². The number of hydrogen-bond acceptors (Lipinski definition) is 1. The van der Waals surface area contributed by atoms with Gasteiger partial charge in [0.05, 0.1) is 0 Å². The molecule has 0 saturated heterocycles. The van der Waals surface area contributed by atoms with Gasteiger partial charge in [0.1, 0.15) is 0 Å². The summed E-state index contributed by atoms with van der Waals surface area (Å²) >= 11 is 0. The molecule has 1 aromatic carbocycles. The number of nitrogens with zero attached hydrogens (tertiary/aromatic N) is 1. The topological polar surface area (TPSA) is 12.9 Å². The molecule has 0 bridgehead atoms. The number of benzene rings is 1. The normalized spacial score (nSPS) is 8.13. The van der Waals surface area contributed by atoms with Crippen molar-refractivity contribution in [3.8, 4) is 0 Å². The van der Waals surface area contributed by atoms with Gasteiger partial charge in [-0.3, -0.25) is 4.98 Å². The van der Waals surface area contributed by atoms with E-state index in [4.69, 9.17) is 0 Å². The largest absolute Gasteiger partial charge is 0.264 e. The molecular formula is C14H19N. The first kappa shape index (κ1) is 13.4. The molecule has 0 spiro atoms. The summed E-state index contributed by atoms with van der Waals surface area (Å²) in [5.74, 6) is 0. The Bertz CT molecular complexity index is 303. The maximum atomic E-state index is 3.88. The van der Waals surface area contributed by atoms with Gasteiger partial charge < -0.3 is 0 Å². The van der Waals surface area contributed by atoms with Gasteiger partial charge in [0.15, 0.2) is 0 Å². The predicted octanol–water partition coefficient (Wildman–Crippen LogP) is 4.02. The zero-order valence-electron chi connectivity index (χ0n) is 8.64. The third-order valence-electron chi connectivity index (χ3n) is 1.75. The van der Waals surface area contributed by atoms with Gasteiger partial charge in [-0.15, -0.1) is 0 Å². The highest BCUT2D eigenvalue weighted by atomic mass is 14.6. The van der Waals surface area contributed by atoms with Gasteiger partial charge in [0, 0.05) is 12.4 Å². The minimum absolute atomic E-state index is 0. The van der Waals surface area contributed by atoms with Crippen molar-refractivity contribution in [1.82, 2.24) is 4.98 Å². The van der Waals surface area contributed by atoms with Crippen LogP contribution in [0.15, 0.2) is 54.9 Å². The minimum Gasteiger partial charge on any atom is -0.264 e. The second-order valence-electron chi connectivity index (χ2n) is 3.19. The van der Waals surface area contributed by atoms with E-state index in [0.717, 1.165) is 0 Å². The Kier molecular flexibility index (Phi) is 6.90. The van der Waals surface area contributed by atoms with Crippen molar-refractivity contribution in [2.24, 2.45) is 0 Å². The summed E-state index contributed by atoms with van der Waals surface area (Å²) < 4.78 is 0. The van der Waals surface area contributed by atoms with Gasteiger partial charge in [0.25, 0.3) is 0 Å². The van der Waals surface area contributed by atoms with Crippen LogP contribution in [0.3, 0.4) is 0 Å². The molecule has 0 aliphatic rings. The molecule has 80 valence electrons. The molecule has 0 fully saturated rings. The average Bonchev–Trinajstić information content (AvgIpc) is 2.21. The Morgan fingerprint density at radius 2 is 1.40 bits per heavy atom. The molecule has 1 heteroatoms. The predicted molar refractivity (Wildman–Crippen MR) is 66.9 cm³/mol. The van der Waals surface area contributed by atoms with Crippen LogP contribution < -0.4 is 0 Å². The first-order valence-electron chi connectivity index (χ1n) is 4.67. The molecule has 1 aromatic heterocycles. The molecule has 0 unspecified atom stereocenters. The van der Waals surface area contributed by atoms with Crippen molar-refractivity contribution in [2.75, 3.05) is 0 Å². The lowest BCUT2D eigenvalue weighted by Crippen LogP contribution is -1.69. The van der Waals surface area contributed by atoms with Crippen LogP contribution in [0.25, 0.3) is 0 Å². The summed E-state index contributed by atoms with van der Waals surface area (Å²) in [6.07, 6.45) is 3.60. The molecule has 0 saturated carbocycles. The van der Waals surface area contributed by atoms with E-state index in [-0.39, 0.29) is 7.43 Å². The maximum absolute atomic E-state index is 3.88. The molecule has 0 N–H and O–H groups in total. The number of aromatic nitrogens is 1. The van der Waals surface area contributed by atoms with Crippen molar-refractivity contribution in [3.63, 3.8) is 0 Å². The van der Waals surface area contributed by atoms with E-state index < -0.39 is 0 Å². The smallest absolute Gasteiger partial charge is 0.0297 e. The quantitative estimate of drug-likeness (QED) is 0.627. The van der Waals surface area contributed by atoms with E-state index >= 15 is 0 Å². The number of pyridine rings is 1. The highest BCUT2D eigenvalue weighted by Crippen LogP contribution is 1.92. The lowest BCUT2D eigenvalue weighted by molar-refractivity contribution is 1.27. The average molecular weight is 201 g/mol. The van der Waals surface area contributed by atoms with Gasteiger partial charge in [-0.1, -0.05) is 49.4 Å². The van der Waals surface area contributed by atoms with E-state index in [9.17, 15) is 0 Å². The Morgan fingerprint density at radius 1 is 0.800 bits per heavy atom. The Labute approximate surface area is 92.8 Å². The van der Waals surface area contributed by atoms with Crippen molar-refractivity contribution < 1.29 is 0 Å². The van der Waals surface area contributed by atoms with Crippen LogP contribution in [-0.4, -0.2) is 4.98 Å². The fraction of sp³-hybridized carbons (Fsp3) is 0.214. The SMILES string of the molecule is C.Cc1ccccc1.Cc1cccnc1. The zero-order chi connectivity index (χ0) is 10.2. The Morgan fingerprint density at radius 3 is 1.67 bits per heavy atom. The third-order valence-corrected chi connectivity index (χ3v) is 1.75. The van der Waals surface area contributed by atoms with Crippen LogP contribution in [0, 0.1) is 13.8 Å². The van der Waals surface area contributed by atoms with Crippen LogP contribution in [0.5, 0.6) is 0 Å². The van der Waals surface area contributed by atoms with Crippen molar-refractivity contribution in [3.05, 3.63) is 66.0 Å². The molecular weight excluding hydrogens is 182 g/mol. The van der Waals surface area contributed by atoms with Crippen molar-refractivity contribution in [1.29, 1.82) is 0 Å². The van der Waals surface area contributed by atoms with E-state index in [1.807, 2.05) is 43.5 Å². The lowest BCUT2D eigenvalue weighted by atomic mass is 10.2. The van der Waals surface area contributed by atoms with Crippen molar-refractivity contribution in [2.45, 2.75) is 21.3 Å². The summed E-state index contributed by atoms with van der Waals surface area (Å²) in [4.78, 5) is 3.88. The van der Waals surface area contributed by atoms with E-state index in [1.165, 1.54) is 11.1 Å². The maximum Gasteiger partial charge on any atom is 0.0297 e. The summed E-state index contributed by atoms with van der Waals surface area (Å²) in [5, 5.41) is 0. The molecule has 0 aliphatic carbocycles. The second kappa shape index (κ2) is 7.74. The number of aryl methyl sites for hydroxylation is 2. The molecule has 2 rings (SSSR count). The van der Waals surface area contributed by atoms with Crippen LogP contribution >= 0.6 is 0 Å². The highest BCUT2D eigenvalue weighted by Gasteiger charge is 1.73.